The first-order valence-electron chi connectivity index (χ1n) is 9.13. The highest BCUT2D eigenvalue weighted by atomic mass is 19.4. The van der Waals surface area contributed by atoms with Crippen LogP contribution in [-0.4, -0.2) is 44.2 Å². The molecule has 1 N–H and O–H groups in total. The zero-order valence-corrected chi connectivity index (χ0v) is 15.5. The number of hydrogen-bond acceptors (Lipinski definition) is 2. The van der Waals surface area contributed by atoms with Crippen molar-refractivity contribution in [3.8, 4) is 0 Å². The van der Waals surface area contributed by atoms with Crippen molar-refractivity contribution in [1.82, 2.24) is 10.2 Å². The molecule has 1 aromatic rings. The Morgan fingerprint density at radius 1 is 1.23 bits per heavy atom. The largest absolute Gasteiger partial charge is 0.416 e. The van der Waals surface area contributed by atoms with Crippen LogP contribution >= 0.6 is 0 Å². The molecule has 0 amide bonds. The molecule has 1 aromatic carbocycles. The van der Waals surface area contributed by atoms with Crippen molar-refractivity contribution in [3.05, 3.63) is 35.4 Å². The molecule has 0 unspecified atom stereocenters. The van der Waals surface area contributed by atoms with Crippen LogP contribution in [0.3, 0.4) is 0 Å². The van der Waals surface area contributed by atoms with Crippen molar-refractivity contribution < 1.29 is 17.9 Å². The Morgan fingerprint density at radius 2 is 1.88 bits per heavy atom. The third-order valence-electron chi connectivity index (χ3n) is 4.60. The second-order valence-corrected chi connectivity index (χ2v) is 6.63. The predicted octanol–water partition coefficient (Wildman–Crippen LogP) is 3.92. The highest BCUT2D eigenvalue weighted by Gasteiger charge is 2.29. The lowest BCUT2D eigenvalue weighted by molar-refractivity contribution is -0.137. The molecule has 1 aliphatic rings. The van der Waals surface area contributed by atoms with E-state index in [1.807, 2.05) is 14.0 Å². The molecule has 146 valence electrons. The van der Waals surface area contributed by atoms with E-state index in [9.17, 15) is 13.2 Å². The van der Waals surface area contributed by atoms with Crippen LogP contribution in [0.25, 0.3) is 0 Å². The summed E-state index contributed by atoms with van der Waals surface area (Å²) < 4.78 is 43.3. The van der Waals surface area contributed by atoms with Crippen LogP contribution < -0.4 is 5.32 Å². The quantitative estimate of drug-likeness (QED) is 0.608. The number of nitrogens with one attached hydrogen (secondary N) is 1. The van der Waals surface area contributed by atoms with Gasteiger partial charge in [-0.25, -0.2) is 4.99 Å². The van der Waals surface area contributed by atoms with Gasteiger partial charge in [-0.05, 0) is 49.8 Å². The molecule has 0 saturated carbocycles. The van der Waals surface area contributed by atoms with Crippen LogP contribution in [0.4, 0.5) is 13.2 Å². The van der Waals surface area contributed by atoms with Gasteiger partial charge in [-0.3, -0.25) is 0 Å². The topological polar surface area (TPSA) is 36.9 Å². The first-order valence-corrected chi connectivity index (χ1v) is 9.13. The van der Waals surface area contributed by atoms with E-state index >= 15 is 0 Å². The van der Waals surface area contributed by atoms with E-state index in [1.165, 1.54) is 12.1 Å². The zero-order chi connectivity index (χ0) is 19.0. The van der Waals surface area contributed by atoms with E-state index in [2.05, 4.69) is 15.2 Å². The maximum absolute atomic E-state index is 12.6. The fourth-order valence-corrected chi connectivity index (χ4v) is 2.95. The van der Waals surface area contributed by atoms with Crippen LogP contribution in [0.15, 0.2) is 29.3 Å². The summed E-state index contributed by atoms with van der Waals surface area (Å²) in [6.07, 6.45) is -1.01. The van der Waals surface area contributed by atoms with E-state index in [1.54, 1.807) is 0 Å². The summed E-state index contributed by atoms with van der Waals surface area (Å²) in [4.78, 5) is 6.65. The lowest BCUT2D eigenvalue weighted by Crippen LogP contribution is -2.40. The van der Waals surface area contributed by atoms with E-state index in [-0.39, 0.29) is 0 Å². The number of rotatable bonds is 6. The molecule has 1 heterocycles. The summed E-state index contributed by atoms with van der Waals surface area (Å²) in [5, 5.41) is 3.25. The van der Waals surface area contributed by atoms with Crippen LogP contribution in [0, 0.1) is 5.92 Å². The van der Waals surface area contributed by atoms with Crippen molar-refractivity contribution >= 4 is 5.96 Å². The number of ether oxygens (including phenoxy) is 1. The molecule has 0 spiro atoms. The maximum Gasteiger partial charge on any atom is 0.416 e. The summed E-state index contributed by atoms with van der Waals surface area (Å²) in [5.74, 6) is 1.46. The first kappa shape index (κ1) is 20.6. The van der Waals surface area contributed by atoms with Crippen molar-refractivity contribution in [2.24, 2.45) is 10.9 Å². The molecule has 0 aliphatic carbocycles. The number of halogens is 3. The molecule has 26 heavy (non-hydrogen) atoms. The highest BCUT2D eigenvalue weighted by molar-refractivity contribution is 5.79. The Morgan fingerprint density at radius 3 is 2.46 bits per heavy atom. The molecular formula is C19H28F3N3O. The van der Waals surface area contributed by atoms with Gasteiger partial charge < -0.3 is 15.0 Å². The molecule has 0 bridgehead atoms. The summed E-state index contributed by atoms with van der Waals surface area (Å²) >= 11 is 0. The third-order valence-corrected chi connectivity index (χ3v) is 4.60. The Balaban J connectivity index is 1.92. The molecule has 0 aromatic heterocycles. The molecule has 7 heteroatoms. The average Bonchev–Trinajstić information content (AvgIpc) is 2.63. The average molecular weight is 371 g/mol. The van der Waals surface area contributed by atoms with Gasteiger partial charge >= 0.3 is 6.18 Å². The fraction of sp³-hybridized carbons (Fsp3) is 0.632. The molecule has 1 saturated heterocycles. The summed E-state index contributed by atoms with van der Waals surface area (Å²) in [6, 6.07) is 5.18. The van der Waals surface area contributed by atoms with Crippen LogP contribution in [0.1, 0.15) is 37.3 Å². The molecule has 0 radical (unpaired) electrons. The monoisotopic (exact) mass is 371 g/mol. The SMILES string of the molecule is CCNC(=NCc1ccc(C(F)(F)F)cc1)N(C)CCC1CCOCC1. The maximum atomic E-state index is 12.6. The number of hydrogen-bond donors (Lipinski definition) is 1. The number of guanidine groups is 1. The van der Waals surface area contributed by atoms with E-state index in [0.29, 0.717) is 12.5 Å². The minimum Gasteiger partial charge on any atom is -0.381 e. The van der Waals surface area contributed by atoms with Crippen molar-refractivity contribution in [3.63, 3.8) is 0 Å². The Labute approximate surface area is 153 Å². The molecule has 1 fully saturated rings. The van der Waals surface area contributed by atoms with Gasteiger partial charge in [-0.2, -0.15) is 13.2 Å². The normalized spacial score (nSPS) is 16.6. The van der Waals surface area contributed by atoms with E-state index in [4.69, 9.17) is 4.74 Å². The van der Waals surface area contributed by atoms with E-state index < -0.39 is 11.7 Å². The van der Waals surface area contributed by atoms with Crippen LogP contribution in [0.2, 0.25) is 0 Å². The minimum atomic E-state index is -4.30. The molecule has 4 nitrogen and oxygen atoms in total. The lowest BCUT2D eigenvalue weighted by atomic mass is 9.96. The Kier molecular flexibility index (Phi) is 7.75. The second-order valence-electron chi connectivity index (χ2n) is 6.63. The van der Waals surface area contributed by atoms with Gasteiger partial charge in [-0.15, -0.1) is 0 Å². The van der Waals surface area contributed by atoms with Crippen molar-refractivity contribution in [2.75, 3.05) is 33.4 Å². The zero-order valence-electron chi connectivity index (χ0n) is 15.5. The summed E-state index contributed by atoms with van der Waals surface area (Å²) in [5.41, 5.74) is 0.122. The molecule has 2 rings (SSSR count). The third kappa shape index (κ3) is 6.52. The lowest BCUT2D eigenvalue weighted by Gasteiger charge is -2.26. The van der Waals surface area contributed by atoms with Gasteiger partial charge in [0, 0.05) is 33.4 Å². The van der Waals surface area contributed by atoms with Gasteiger partial charge in [0.15, 0.2) is 5.96 Å². The summed E-state index contributed by atoms with van der Waals surface area (Å²) in [6.45, 7) is 5.67. The molecular weight excluding hydrogens is 343 g/mol. The number of benzene rings is 1. The number of alkyl halides is 3. The molecule has 0 atom stereocenters. The first-order chi connectivity index (χ1) is 12.4. The smallest absolute Gasteiger partial charge is 0.381 e. The van der Waals surface area contributed by atoms with E-state index in [0.717, 1.165) is 69.2 Å². The van der Waals surface area contributed by atoms with Crippen molar-refractivity contribution in [2.45, 2.75) is 38.9 Å². The van der Waals surface area contributed by atoms with Gasteiger partial charge in [0.1, 0.15) is 0 Å². The van der Waals surface area contributed by atoms with Gasteiger partial charge in [0.2, 0.25) is 0 Å². The summed E-state index contributed by atoms with van der Waals surface area (Å²) in [7, 11) is 1.99. The number of aliphatic imine (C=N–C) groups is 1. The number of nitrogens with zero attached hydrogens (tertiary/aromatic N) is 2. The Hall–Kier alpha value is -1.76. The fourth-order valence-electron chi connectivity index (χ4n) is 2.95. The van der Waals surface area contributed by atoms with Crippen LogP contribution in [0.5, 0.6) is 0 Å². The minimum absolute atomic E-state index is 0.349. The second kappa shape index (κ2) is 9.80. The molecule has 1 aliphatic heterocycles. The van der Waals surface area contributed by atoms with Gasteiger partial charge in [0.05, 0.1) is 12.1 Å². The Bertz CT molecular complexity index is 566. The predicted molar refractivity (Wildman–Crippen MR) is 97.0 cm³/mol. The van der Waals surface area contributed by atoms with Crippen LogP contribution in [-0.2, 0) is 17.5 Å². The highest BCUT2D eigenvalue weighted by Crippen LogP contribution is 2.29. The van der Waals surface area contributed by atoms with Gasteiger partial charge in [0.25, 0.3) is 0 Å². The standard InChI is InChI=1S/C19H28F3N3O/c1-3-23-18(25(2)11-8-15-9-12-26-13-10-15)24-14-16-4-6-17(7-5-16)19(20,21)22/h4-7,15H,3,8-14H2,1-2H3,(H,23,24). The van der Waals surface area contributed by atoms with Gasteiger partial charge in [-0.1, -0.05) is 12.1 Å². The van der Waals surface area contributed by atoms with Crippen molar-refractivity contribution in [1.29, 1.82) is 0 Å².